The highest BCUT2D eigenvalue weighted by atomic mass is 32.2. The van der Waals surface area contributed by atoms with Crippen molar-refractivity contribution in [1.82, 2.24) is 0 Å². The molecule has 0 aromatic carbocycles. The lowest BCUT2D eigenvalue weighted by Crippen LogP contribution is -2.27. The molecule has 0 saturated carbocycles. The first-order valence-corrected chi connectivity index (χ1v) is 4.07. The van der Waals surface area contributed by atoms with E-state index in [-0.39, 0.29) is 0 Å². The molecule has 0 amide bonds. The van der Waals surface area contributed by atoms with Crippen LogP contribution in [0.3, 0.4) is 0 Å². The van der Waals surface area contributed by atoms with Crippen LogP contribution in [0.25, 0.3) is 5.53 Å². The van der Waals surface area contributed by atoms with E-state index < -0.39 is 15.5 Å². The largest absolute Gasteiger partial charge is 0.362 e. The lowest BCUT2D eigenvalue weighted by atomic mass is 10.1. The molecule has 0 heterocycles. The van der Waals surface area contributed by atoms with Crippen LogP contribution in [0.15, 0.2) is 0 Å². The molecule has 0 radical (unpaired) electrons. The van der Waals surface area contributed by atoms with Crippen LogP contribution in [0.1, 0.15) is 20.3 Å². The Morgan fingerprint density at radius 2 is 2.20 bits per heavy atom. The molecular formula is C5H10N2O2S. The van der Waals surface area contributed by atoms with Gasteiger partial charge >= 0.3 is 0 Å². The number of thiol groups is 1. The lowest BCUT2D eigenvalue weighted by Gasteiger charge is -2.07. The number of nitrogens with zero attached hydrogens (tertiary/aromatic N) is 2. The van der Waals surface area contributed by atoms with Gasteiger partial charge in [-0.25, -0.2) is 8.42 Å². The molecule has 0 aromatic rings. The van der Waals surface area contributed by atoms with Crippen LogP contribution in [0.4, 0.5) is 0 Å². The van der Waals surface area contributed by atoms with E-state index >= 15 is 0 Å². The molecule has 0 aliphatic carbocycles. The van der Waals surface area contributed by atoms with Crippen molar-refractivity contribution in [1.29, 1.82) is 0 Å². The molecule has 0 N–H and O–H groups in total. The molecule has 5 heteroatoms. The minimum atomic E-state index is -2.56. The van der Waals surface area contributed by atoms with E-state index in [1.807, 2.05) is 0 Å². The molecule has 1 atom stereocenters. The summed E-state index contributed by atoms with van der Waals surface area (Å²) in [5.41, 5.74) is 8.08. The normalized spacial score (nSPS) is 15.9. The van der Waals surface area contributed by atoms with Crippen LogP contribution in [-0.2, 0) is 10.7 Å². The van der Waals surface area contributed by atoms with E-state index in [9.17, 15) is 8.42 Å². The highest BCUT2D eigenvalue weighted by molar-refractivity contribution is 7.74. The Hall–Kier alpha value is -0.670. The fraction of sp³-hybridized carbons (Fsp3) is 0.800. The molecule has 10 heavy (non-hydrogen) atoms. The Bertz CT molecular complexity index is 222. The van der Waals surface area contributed by atoms with E-state index in [1.54, 1.807) is 6.92 Å². The van der Waals surface area contributed by atoms with Crippen molar-refractivity contribution in [3.63, 3.8) is 0 Å². The van der Waals surface area contributed by atoms with Crippen LogP contribution in [0.2, 0.25) is 0 Å². The molecule has 0 spiro atoms. The van der Waals surface area contributed by atoms with Crippen LogP contribution >= 0.6 is 0 Å². The summed E-state index contributed by atoms with van der Waals surface area (Å²) in [6, 6.07) is 0. The lowest BCUT2D eigenvalue weighted by molar-refractivity contribution is -0.00141. The highest BCUT2D eigenvalue weighted by Crippen LogP contribution is 2.09. The first kappa shape index (κ1) is 9.33. The predicted molar refractivity (Wildman–Crippen MR) is 38.7 cm³/mol. The molecule has 1 unspecified atom stereocenters. The third kappa shape index (κ3) is 1.93. The van der Waals surface area contributed by atoms with Gasteiger partial charge in [0.15, 0.2) is 15.5 Å². The first-order chi connectivity index (χ1) is 4.56. The Morgan fingerprint density at radius 1 is 1.70 bits per heavy atom. The van der Waals surface area contributed by atoms with Crippen molar-refractivity contribution in [2.24, 2.45) is 0 Å². The Labute approximate surface area is 61.4 Å². The quantitative estimate of drug-likeness (QED) is 0.276. The zero-order valence-corrected chi connectivity index (χ0v) is 6.84. The monoisotopic (exact) mass is 162 g/mol. The van der Waals surface area contributed by atoms with Crippen molar-refractivity contribution < 1.29 is 13.2 Å². The Morgan fingerprint density at radius 3 is 2.30 bits per heavy atom. The van der Waals surface area contributed by atoms with E-state index in [1.165, 1.54) is 6.92 Å². The number of rotatable bonds is 3. The summed E-state index contributed by atoms with van der Waals surface area (Å²) in [5.74, 6) is 0. The SMILES string of the molecule is CCC(C)(C=[N+]=[N-])[SH](=O)=O. The summed E-state index contributed by atoms with van der Waals surface area (Å²) >= 11 is 0. The molecule has 0 bridgehead atoms. The van der Waals surface area contributed by atoms with Gasteiger partial charge in [0, 0.05) is 0 Å². The highest BCUT2D eigenvalue weighted by Gasteiger charge is 2.28. The van der Waals surface area contributed by atoms with Crippen LogP contribution < -0.4 is 0 Å². The van der Waals surface area contributed by atoms with Gasteiger partial charge in [-0.05, 0) is 13.3 Å². The van der Waals surface area contributed by atoms with Crippen LogP contribution in [0.5, 0.6) is 0 Å². The molecule has 0 aliphatic rings. The van der Waals surface area contributed by atoms with E-state index in [0.717, 1.165) is 6.21 Å². The fourth-order valence-electron chi connectivity index (χ4n) is 0.392. The second-order valence-electron chi connectivity index (χ2n) is 2.21. The molecular weight excluding hydrogens is 152 g/mol. The van der Waals surface area contributed by atoms with Gasteiger partial charge in [0.2, 0.25) is 0 Å². The average Bonchev–Trinajstić information content (AvgIpc) is 1.88. The third-order valence-electron chi connectivity index (χ3n) is 1.47. The summed E-state index contributed by atoms with van der Waals surface area (Å²) in [5, 5.41) is 0. The van der Waals surface area contributed by atoms with E-state index in [2.05, 4.69) is 4.79 Å². The second kappa shape index (κ2) is 3.49. The summed E-state index contributed by atoms with van der Waals surface area (Å²) in [4.78, 5) is 2.69. The number of hydrogen-bond acceptors (Lipinski definition) is 2. The van der Waals surface area contributed by atoms with Crippen molar-refractivity contribution >= 4 is 16.9 Å². The van der Waals surface area contributed by atoms with Crippen LogP contribution in [0, 0.1) is 0 Å². The summed E-state index contributed by atoms with van der Waals surface area (Å²) in [6.07, 6.45) is 1.44. The topological polar surface area (TPSA) is 70.5 Å². The third-order valence-corrected chi connectivity index (χ3v) is 2.73. The zero-order chi connectivity index (χ0) is 8.20. The van der Waals surface area contributed by atoms with Gasteiger partial charge in [-0.3, -0.25) is 0 Å². The Balaban J connectivity index is 4.71. The summed E-state index contributed by atoms with van der Waals surface area (Å²) in [6.45, 7) is 3.21. The van der Waals surface area contributed by atoms with Crippen molar-refractivity contribution in [3.05, 3.63) is 5.53 Å². The Kier molecular flexibility index (Phi) is 3.25. The summed E-state index contributed by atoms with van der Waals surface area (Å²) < 4.78 is 20.0. The van der Waals surface area contributed by atoms with Crippen LogP contribution in [-0.4, -0.2) is 24.2 Å². The van der Waals surface area contributed by atoms with Crippen molar-refractivity contribution in [2.75, 3.05) is 0 Å². The second-order valence-corrected chi connectivity index (χ2v) is 3.75. The molecule has 4 nitrogen and oxygen atoms in total. The molecule has 0 rings (SSSR count). The molecule has 0 saturated heterocycles. The minimum absolute atomic E-state index is 0.412. The van der Waals surface area contributed by atoms with E-state index in [0.29, 0.717) is 6.42 Å². The average molecular weight is 162 g/mol. The maximum Gasteiger partial charge on any atom is 0.277 e. The summed E-state index contributed by atoms with van der Waals surface area (Å²) in [7, 11) is -2.56. The van der Waals surface area contributed by atoms with Gasteiger partial charge < -0.3 is 5.53 Å². The molecule has 0 fully saturated rings. The van der Waals surface area contributed by atoms with Gasteiger partial charge in [0.05, 0.1) is 0 Å². The van der Waals surface area contributed by atoms with Gasteiger partial charge in [-0.2, -0.15) is 4.79 Å². The standard InChI is InChI=1S/C5H10N2O2S/c1-3-5(2,4-7-6)10(8)9/h4,10H,3H2,1-2H3. The van der Waals surface area contributed by atoms with Gasteiger partial charge in [-0.15, -0.1) is 0 Å². The van der Waals surface area contributed by atoms with Crippen molar-refractivity contribution in [3.8, 4) is 0 Å². The van der Waals surface area contributed by atoms with Crippen molar-refractivity contribution in [2.45, 2.75) is 25.0 Å². The molecule has 0 aromatic heterocycles. The first-order valence-electron chi connectivity index (χ1n) is 2.90. The predicted octanol–water partition coefficient (Wildman–Crippen LogP) is 0.0671. The molecule has 58 valence electrons. The molecule has 0 aliphatic heterocycles. The van der Waals surface area contributed by atoms with Gasteiger partial charge in [0.1, 0.15) is 0 Å². The maximum atomic E-state index is 10.5. The number of hydrogen-bond donors (Lipinski definition) is 1. The minimum Gasteiger partial charge on any atom is -0.362 e. The maximum absolute atomic E-state index is 10.5. The fourth-order valence-corrected chi connectivity index (χ4v) is 0.796. The zero-order valence-electron chi connectivity index (χ0n) is 5.94. The van der Waals surface area contributed by atoms with Gasteiger partial charge in [-0.1, -0.05) is 6.92 Å². The smallest absolute Gasteiger partial charge is 0.277 e. The van der Waals surface area contributed by atoms with E-state index in [4.69, 9.17) is 5.53 Å². The van der Waals surface area contributed by atoms with Gasteiger partial charge in [0.25, 0.3) is 6.21 Å².